The molecule has 0 unspecified atom stereocenters. The summed E-state index contributed by atoms with van der Waals surface area (Å²) >= 11 is 0. The van der Waals surface area contributed by atoms with Gasteiger partial charge in [0.15, 0.2) is 0 Å². The molecule has 0 aliphatic carbocycles. The summed E-state index contributed by atoms with van der Waals surface area (Å²) in [7, 11) is 0. The van der Waals surface area contributed by atoms with Gasteiger partial charge in [0.05, 0.1) is 12.2 Å². The zero-order chi connectivity index (χ0) is 12.7. The molecule has 1 rings (SSSR count). The van der Waals surface area contributed by atoms with Crippen LogP contribution in [0.1, 0.15) is 39.8 Å². The molecule has 0 aromatic carbocycles. The lowest BCUT2D eigenvalue weighted by Gasteiger charge is -2.20. The molecule has 0 radical (unpaired) electrons. The van der Waals surface area contributed by atoms with Crippen LogP contribution in [0.4, 0.5) is 0 Å². The minimum atomic E-state index is -0.0478. The standard InChI is InChI=1S/C14H26N2O/c1-5-8-15-12-13-7-6-9-16(13)10-11-17-14(2,3)4/h6-7,9,15H,5,8,10-12H2,1-4H3. The number of nitrogens with one attached hydrogen (secondary N) is 1. The first-order chi connectivity index (χ1) is 8.03. The summed E-state index contributed by atoms with van der Waals surface area (Å²) in [4.78, 5) is 0. The van der Waals surface area contributed by atoms with E-state index in [-0.39, 0.29) is 5.60 Å². The van der Waals surface area contributed by atoms with Crippen LogP contribution in [0.25, 0.3) is 0 Å². The molecule has 0 aliphatic heterocycles. The van der Waals surface area contributed by atoms with Gasteiger partial charge in [-0.1, -0.05) is 6.92 Å². The summed E-state index contributed by atoms with van der Waals surface area (Å²) in [6.07, 6.45) is 3.29. The molecule has 0 atom stereocenters. The number of nitrogens with zero attached hydrogens (tertiary/aromatic N) is 1. The lowest BCUT2D eigenvalue weighted by atomic mass is 10.2. The smallest absolute Gasteiger partial charge is 0.0652 e. The monoisotopic (exact) mass is 238 g/mol. The molecular weight excluding hydrogens is 212 g/mol. The molecule has 0 aliphatic rings. The molecule has 0 spiro atoms. The van der Waals surface area contributed by atoms with E-state index < -0.39 is 0 Å². The van der Waals surface area contributed by atoms with E-state index in [1.54, 1.807) is 0 Å². The van der Waals surface area contributed by atoms with Gasteiger partial charge in [0.1, 0.15) is 0 Å². The van der Waals surface area contributed by atoms with Gasteiger partial charge in [0.2, 0.25) is 0 Å². The van der Waals surface area contributed by atoms with Crippen molar-refractivity contribution in [3.63, 3.8) is 0 Å². The van der Waals surface area contributed by atoms with Crippen LogP contribution < -0.4 is 5.32 Å². The highest BCUT2D eigenvalue weighted by Gasteiger charge is 2.09. The second kappa shape index (κ2) is 6.82. The molecular formula is C14H26N2O. The van der Waals surface area contributed by atoms with E-state index in [0.29, 0.717) is 0 Å². The van der Waals surface area contributed by atoms with Crippen molar-refractivity contribution < 1.29 is 4.74 Å². The van der Waals surface area contributed by atoms with E-state index in [1.807, 2.05) is 0 Å². The van der Waals surface area contributed by atoms with Gasteiger partial charge in [-0.2, -0.15) is 0 Å². The first-order valence-electron chi connectivity index (χ1n) is 6.51. The van der Waals surface area contributed by atoms with Crippen LogP contribution in [0, 0.1) is 0 Å². The minimum absolute atomic E-state index is 0.0478. The molecule has 98 valence electrons. The van der Waals surface area contributed by atoms with E-state index in [9.17, 15) is 0 Å². The molecule has 0 amide bonds. The van der Waals surface area contributed by atoms with Gasteiger partial charge in [-0.15, -0.1) is 0 Å². The fourth-order valence-electron chi connectivity index (χ4n) is 1.67. The Morgan fingerprint density at radius 3 is 2.76 bits per heavy atom. The maximum Gasteiger partial charge on any atom is 0.0652 e. The van der Waals surface area contributed by atoms with E-state index in [0.717, 1.165) is 26.2 Å². The quantitative estimate of drug-likeness (QED) is 0.739. The van der Waals surface area contributed by atoms with Crippen molar-refractivity contribution in [2.24, 2.45) is 0 Å². The largest absolute Gasteiger partial charge is 0.374 e. The Hall–Kier alpha value is -0.800. The Balaban J connectivity index is 2.35. The fraction of sp³-hybridized carbons (Fsp3) is 0.714. The molecule has 3 nitrogen and oxygen atoms in total. The van der Waals surface area contributed by atoms with Crippen LogP contribution >= 0.6 is 0 Å². The van der Waals surface area contributed by atoms with Crippen LogP contribution in [0.2, 0.25) is 0 Å². The molecule has 1 aromatic rings. The summed E-state index contributed by atoms with van der Waals surface area (Å²) in [6, 6.07) is 4.26. The lowest BCUT2D eigenvalue weighted by Crippen LogP contribution is -2.23. The minimum Gasteiger partial charge on any atom is -0.374 e. The zero-order valence-corrected chi connectivity index (χ0v) is 11.6. The Bertz CT molecular complexity index is 312. The number of hydrogen-bond donors (Lipinski definition) is 1. The van der Waals surface area contributed by atoms with Crippen molar-refractivity contribution in [3.05, 3.63) is 24.0 Å². The zero-order valence-electron chi connectivity index (χ0n) is 11.6. The van der Waals surface area contributed by atoms with Gasteiger partial charge in [-0.3, -0.25) is 0 Å². The average Bonchev–Trinajstić information content (AvgIpc) is 2.64. The van der Waals surface area contributed by atoms with Crippen molar-refractivity contribution in [2.75, 3.05) is 13.2 Å². The van der Waals surface area contributed by atoms with Crippen LogP contribution in [-0.4, -0.2) is 23.3 Å². The van der Waals surface area contributed by atoms with Crippen LogP contribution in [0.15, 0.2) is 18.3 Å². The highest BCUT2D eigenvalue weighted by atomic mass is 16.5. The molecule has 3 heteroatoms. The highest BCUT2D eigenvalue weighted by Crippen LogP contribution is 2.08. The molecule has 1 heterocycles. The first-order valence-corrected chi connectivity index (χ1v) is 6.51. The molecule has 1 aromatic heterocycles. The Kier molecular flexibility index (Phi) is 5.72. The molecule has 0 saturated heterocycles. The van der Waals surface area contributed by atoms with Gasteiger partial charge >= 0.3 is 0 Å². The summed E-state index contributed by atoms with van der Waals surface area (Å²) < 4.78 is 8.00. The van der Waals surface area contributed by atoms with Crippen molar-refractivity contribution in [1.29, 1.82) is 0 Å². The maximum absolute atomic E-state index is 5.74. The van der Waals surface area contributed by atoms with E-state index in [2.05, 4.69) is 55.9 Å². The number of hydrogen-bond acceptors (Lipinski definition) is 2. The molecule has 0 fully saturated rings. The third kappa shape index (κ3) is 5.89. The predicted molar refractivity (Wildman–Crippen MR) is 72.1 cm³/mol. The molecule has 0 saturated carbocycles. The van der Waals surface area contributed by atoms with Crippen molar-refractivity contribution >= 4 is 0 Å². The topological polar surface area (TPSA) is 26.2 Å². The maximum atomic E-state index is 5.74. The van der Waals surface area contributed by atoms with Gasteiger partial charge < -0.3 is 14.6 Å². The summed E-state index contributed by atoms with van der Waals surface area (Å²) in [5.74, 6) is 0. The van der Waals surface area contributed by atoms with Crippen molar-refractivity contribution in [2.45, 2.75) is 52.8 Å². The van der Waals surface area contributed by atoms with Crippen LogP contribution in [-0.2, 0) is 17.8 Å². The van der Waals surface area contributed by atoms with Crippen molar-refractivity contribution in [1.82, 2.24) is 9.88 Å². The Morgan fingerprint density at radius 1 is 1.35 bits per heavy atom. The second-order valence-electron chi connectivity index (χ2n) is 5.33. The average molecular weight is 238 g/mol. The molecule has 1 N–H and O–H groups in total. The third-order valence-corrected chi connectivity index (χ3v) is 2.52. The predicted octanol–water partition coefficient (Wildman–Crippen LogP) is 2.80. The summed E-state index contributed by atoms with van der Waals surface area (Å²) in [5.41, 5.74) is 1.28. The van der Waals surface area contributed by atoms with Crippen LogP contribution in [0.3, 0.4) is 0 Å². The second-order valence-corrected chi connectivity index (χ2v) is 5.33. The fourth-order valence-corrected chi connectivity index (χ4v) is 1.67. The van der Waals surface area contributed by atoms with Gasteiger partial charge in [-0.05, 0) is 45.9 Å². The normalized spacial score (nSPS) is 12.0. The highest BCUT2D eigenvalue weighted by molar-refractivity contribution is 5.06. The summed E-state index contributed by atoms with van der Waals surface area (Å²) in [5, 5.41) is 3.42. The van der Waals surface area contributed by atoms with Gasteiger partial charge in [0, 0.05) is 25.0 Å². The number of rotatable bonds is 7. The van der Waals surface area contributed by atoms with E-state index >= 15 is 0 Å². The van der Waals surface area contributed by atoms with E-state index in [1.165, 1.54) is 12.1 Å². The SMILES string of the molecule is CCCNCc1cccn1CCOC(C)(C)C. The van der Waals surface area contributed by atoms with Gasteiger partial charge in [-0.25, -0.2) is 0 Å². The summed E-state index contributed by atoms with van der Waals surface area (Å²) in [6.45, 7) is 12.2. The number of ether oxygens (including phenoxy) is 1. The first kappa shape index (κ1) is 14.3. The van der Waals surface area contributed by atoms with Crippen molar-refractivity contribution in [3.8, 4) is 0 Å². The molecule has 0 bridgehead atoms. The Labute approximate surface area is 105 Å². The Morgan fingerprint density at radius 2 is 2.12 bits per heavy atom. The van der Waals surface area contributed by atoms with E-state index in [4.69, 9.17) is 4.74 Å². The number of aromatic nitrogens is 1. The third-order valence-electron chi connectivity index (χ3n) is 2.52. The lowest BCUT2D eigenvalue weighted by molar-refractivity contribution is -0.00703. The molecule has 17 heavy (non-hydrogen) atoms. The van der Waals surface area contributed by atoms with Crippen LogP contribution in [0.5, 0.6) is 0 Å². The van der Waals surface area contributed by atoms with Gasteiger partial charge in [0.25, 0.3) is 0 Å².